The van der Waals surface area contributed by atoms with Gasteiger partial charge < -0.3 is 40.2 Å². The molecule has 0 amide bonds. The average molecular weight is 1100 g/mol. The summed E-state index contributed by atoms with van der Waals surface area (Å²) in [6.45, 7) is 17.3. The third-order valence-electron chi connectivity index (χ3n) is 23.1. The zero-order valence-corrected chi connectivity index (χ0v) is 48.9. The van der Waals surface area contributed by atoms with E-state index in [0.717, 1.165) is 67.9 Å². The van der Waals surface area contributed by atoms with Crippen molar-refractivity contribution in [1.82, 2.24) is 4.57 Å². The van der Waals surface area contributed by atoms with Crippen molar-refractivity contribution in [2.75, 3.05) is 19.8 Å². The van der Waals surface area contributed by atoms with Crippen LogP contribution in [0.4, 0.5) is 0 Å². The highest BCUT2D eigenvalue weighted by Gasteiger charge is 2.63. The van der Waals surface area contributed by atoms with Crippen molar-refractivity contribution in [3.8, 4) is 0 Å². The molecule has 8 aliphatic carbocycles. The molecule has 1 unspecified atom stereocenters. The Morgan fingerprint density at radius 2 is 1.05 bits per heavy atom. The number of aliphatic hydroxyl groups excluding tert-OH is 3. The number of nitrogens with two attached hydrogens (primary N) is 1. The molecule has 2 heterocycles. The van der Waals surface area contributed by atoms with Gasteiger partial charge in [-0.3, -0.25) is 28.8 Å². The number of Topliss-reactive ketones (excluding diaryl/α,β-unsaturated/α-hetero) is 2. The molecule has 17 atom stereocenters. The number of aromatic nitrogens is 1. The van der Waals surface area contributed by atoms with Gasteiger partial charge in [-0.1, -0.05) is 85.7 Å². The summed E-state index contributed by atoms with van der Waals surface area (Å²) in [7, 11) is 0. The summed E-state index contributed by atoms with van der Waals surface area (Å²) in [5.41, 5.74) is 6.90. The van der Waals surface area contributed by atoms with E-state index in [1.54, 1.807) is 24.3 Å². The number of rotatable bonds is 10. The van der Waals surface area contributed by atoms with Crippen LogP contribution in [0, 0.1) is 80.8 Å². The number of carboxylic acid groups (broad SMARTS) is 1. The Morgan fingerprint density at radius 3 is 1.46 bits per heavy atom. The topological polar surface area (TPSA) is 233 Å². The SMILES string of the molecule is CCC(=O)O[C@H]1CC[C@H]2[C@@H]3CC[C@H]4CC(=O)[C@H](C)C[C@]4(C)[C@H]3CC[C@]12C.CCC(=O)O[C@H]1CC[C@H]2[C@@H]3CC[C@H]4CC(=O)[C@H](C)C[C@]4(C)[C@H]3CC[C@]12C.NC(CO)(CO)CO.O=C(c1ccccc1)c1ccc2n1CCC2C(=O)O. The molecule has 0 bridgehead atoms. The Kier molecular flexibility index (Phi) is 18.7. The van der Waals surface area contributed by atoms with E-state index in [-0.39, 0.29) is 52.6 Å². The Bertz CT molecular complexity index is 2410. The second-order valence-corrected chi connectivity index (χ2v) is 27.3. The molecule has 14 heteroatoms. The van der Waals surface area contributed by atoms with E-state index in [4.69, 9.17) is 35.6 Å². The Labute approximate surface area is 470 Å². The van der Waals surface area contributed by atoms with Gasteiger partial charge in [0.25, 0.3) is 0 Å². The fraction of sp³-hybridized carbons (Fsp3) is 0.754. The molecule has 11 rings (SSSR count). The van der Waals surface area contributed by atoms with Crippen LogP contribution in [0.5, 0.6) is 0 Å². The minimum absolute atomic E-state index is 0.0331. The van der Waals surface area contributed by atoms with Gasteiger partial charge in [0.05, 0.1) is 37.0 Å². The van der Waals surface area contributed by atoms with E-state index >= 15 is 0 Å². The van der Waals surface area contributed by atoms with Gasteiger partial charge in [-0.25, -0.2) is 0 Å². The van der Waals surface area contributed by atoms with Crippen LogP contribution in [-0.4, -0.2) is 97.8 Å². The first-order valence-electron chi connectivity index (χ1n) is 30.5. The largest absolute Gasteiger partial charge is 0.481 e. The van der Waals surface area contributed by atoms with Gasteiger partial charge in [0.15, 0.2) is 0 Å². The molecule has 1 aromatic carbocycles. The zero-order valence-electron chi connectivity index (χ0n) is 48.9. The molecule has 9 aliphatic rings. The standard InChI is InChI=1S/2C23H36O3.C15H13NO3.C4H11NO3/c2*1-5-21(25)26-20-9-8-17-16-7-6-15-12-19(24)14(2)13-23(15,4)18(16)10-11-22(17,20)3;17-14(10-4-2-1-3-5-10)13-7-6-12-11(15(18)19)8-9-16(12)13;5-4(1-6,2-7)3-8/h2*14-18,20H,5-13H2,1-4H3;1-7,11H,8-9H2,(H,18,19);6-8H,1-3,5H2/t2*14-,15+,16+,17+,18+,20+,22+,23+;;/m11../s1. The van der Waals surface area contributed by atoms with Crippen molar-refractivity contribution in [3.05, 3.63) is 59.4 Å². The minimum Gasteiger partial charge on any atom is -0.481 e. The summed E-state index contributed by atoms with van der Waals surface area (Å²) >= 11 is 0. The van der Waals surface area contributed by atoms with E-state index < -0.39 is 37.2 Å². The highest BCUT2D eigenvalue weighted by molar-refractivity contribution is 6.08. The molecule has 1 aliphatic heterocycles. The van der Waals surface area contributed by atoms with Gasteiger partial charge in [-0.2, -0.15) is 0 Å². The second kappa shape index (κ2) is 24.3. The number of aliphatic carboxylic acids is 1. The van der Waals surface area contributed by atoms with Crippen LogP contribution < -0.4 is 5.73 Å². The number of ketones is 3. The molecule has 0 spiro atoms. The molecular formula is C65H96N2O12. The number of carbonyl (C=O) groups excluding carboxylic acids is 5. The molecular weight excluding hydrogens is 1000 g/mol. The van der Waals surface area contributed by atoms with E-state index in [0.29, 0.717) is 83.1 Å². The lowest BCUT2D eigenvalue weighted by Crippen LogP contribution is -2.55. The first-order valence-corrected chi connectivity index (χ1v) is 30.5. The smallest absolute Gasteiger partial charge is 0.312 e. The number of carboxylic acids is 1. The van der Waals surface area contributed by atoms with Crippen molar-refractivity contribution in [2.24, 2.45) is 86.6 Å². The van der Waals surface area contributed by atoms with Crippen LogP contribution in [-0.2, 0) is 40.0 Å². The lowest BCUT2D eigenvalue weighted by Gasteiger charge is -2.60. The van der Waals surface area contributed by atoms with Gasteiger partial charge in [0, 0.05) is 66.2 Å². The van der Waals surface area contributed by atoms with E-state index in [1.807, 2.05) is 36.6 Å². The maximum atomic E-state index is 12.4. The number of ether oxygens (including phenoxy) is 2. The fourth-order valence-corrected chi connectivity index (χ4v) is 18.4. The Morgan fingerprint density at radius 1 is 0.608 bits per heavy atom. The Balaban J connectivity index is 0.000000147. The van der Waals surface area contributed by atoms with E-state index in [2.05, 4.69) is 41.5 Å². The molecule has 1 aromatic heterocycles. The lowest BCUT2D eigenvalue weighted by atomic mass is 9.44. The summed E-state index contributed by atoms with van der Waals surface area (Å²) in [5.74, 6) is 5.69. The predicted octanol–water partition coefficient (Wildman–Crippen LogP) is 10.3. The quantitative estimate of drug-likeness (QED) is 0.110. The Hall–Kier alpha value is -4.24. The van der Waals surface area contributed by atoms with Crippen molar-refractivity contribution in [2.45, 2.75) is 208 Å². The van der Waals surface area contributed by atoms with Crippen molar-refractivity contribution < 1.29 is 58.7 Å². The van der Waals surface area contributed by atoms with Gasteiger partial charge in [0.1, 0.15) is 23.8 Å². The van der Waals surface area contributed by atoms with Gasteiger partial charge in [0.2, 0.25) is 5.78 Å². The molecule has 79 heavy (non-hydrogen) atoms. The first kappa shape index (κ1) is 60.8. The van der Waals surface area contributed by atoms with Crippen molar-refractivity contribution >= 4 is 35.3 Å². The summed E-state index contributed by atoms with van der Waals surface area (Å²) in [4.78, 5) is 71.9. The number of fused-ring (bicyclic) bond motifs is 11. The maximum Gasteiger partial charge on any atom is 0.312 e. The number of benzene rings is 1. The number of esters is 2. The summed E-state index contributed by atoms with van der Waals surface area (Å²) in [6.07, 6.45) is 20.0. The third kappa shape index (κ3) is 11.6. The number of hydrogen-bond donors (Lipinski definition) is 5. The van der Waals surface area contributed by atoms with Crippen molar-refractivity contribution in [3.63, 3.8) is 0 Å². The normalized spacial score (nSPS) is 38.6. The first-order chi connectivity index (χ1) is 37.4. The van der Waals surface area contributed by atoms with Crippen LogP contribution in [0.3, 0.4) is 0 Å². The fourth-order valence-electron chi connectivity index (χ4n) is 18.4. The van der Waals surface area contributed by atoms with Crippen LogP contribution in [0.25, 0.3) is 0 Å². The van der Waals surface area contributed by atoms with Gasteiger partial charge >= 0.3 is 17.9 Å². The van der Waals surface area contributed by atoms with Crippen LogP contribution in [0.15, 0.2) is 42.5 Å². The van der Waals surface area contributed by atoms with Gasteiger partial charge in [-0.15, -0.1) is 0 Å². The number of hydrogen-bond acceptors (Lipinski definition) is 12. The van der Waals surface area contributed by atoms with E-state index in [9.17, 15) is 28.8 Å². The summed E-state index contributed by atoms with van der Waals surface area (Å²) in [6, 6.07) is 12.5. The van der Waals surface area contributed by atoms with Crippen LogP contribution in [0.2, 0.25) is 0 Å². The zero-order chi connectivity index (χ0) is 57.4. The average Bonchev–Trinajstić information content (AvgIpc) is 4.41. The number of aliphatic hydroxyl groups is 3. The summed E-state index contributed by atoms with van der Waals surface area (Å²) in [5, 5.41) is 34.1. The minimum atomic E-state index is -1.21. The van der Waals surface area contributed by atoms with E-state index in [1.165, 1.54) is 64.2 Å². The maximum absolute atomic E-state index is 12.4. The molecule has 0 radical (unpaired) electrons. The molecule has 438 valence electrons. The monoisotopic (exact) mass is 1100 g/mol. The van der Waals surface area contributed by atoms with Gasteiger partial charge in [-0.05, 0) is 167 Å². The second-order valence-electron chi connectivity index (χ2n) is 27.3. The predicted molar refractivity (Wildman–Crippen MR) is 300 cm³/mol. The lowest BCUT2D eigenvalue weighted by molar-refractivity contribution is -0.166. The highest BCUT2D eigenvalue weighted by atomic mass is 16.5. The highest BCUT2D eigenvalue weighted by Crippen LogP contribution is 2.68. The molecule has 2 aromatic rings. The van der Waals surface area contributed by atoms with Crippen LogP contribution in [0.1, 0.15) is 205 Å². The summed E-state index contributed by atoms with van der Waals surface area (Å²) < 4.78 is 13.6. The molecule has 6 N–H and O–H groups in total. The number of nitrogens with zero attached hydrogens (tertiary/aromatic N) is 1. The molecule has 8 saturated carbocycles. The third-order valence-corrected chi connectivity index (χ3v) is 23.1. The van der Waals surface area contributed by atoms with Crippen molar-refractivity contribution in [1.29, 1.82) is 0 Å². The number of carbonyl (C=O) groups is 6. The van der Waals surface area contributed by atoms with Crippen LogP contribution >= 0.6 is 0 Å². The molecule has 8 fully saturated rings. The molecule has 14 nitrogen and oxygen atoms in total. The molecule has 0 saturated heterocycles.